The fourth-order valence-corrected chi connectivity index (χ4v) is 2.47. The summed E-state index contributed by atoms with van der Waals surface area (Å²) in [5, 5.41) is 12.6. The van der Waals surface area contributed by atoms with Gasteiger partial charge in [-0.3, -0.25) is 0 Å². The Morgan fingerprint density at radius 1 is 1.36 bits per heavy atom. The van der Waals surface area contributed by atoms with Crippen LogP contribution in [0.3, 0.4) is 0 Å². The number of hydrogen-bond donors (Lipinski definition) is 2. The van der Waals surface area contributed by atoms with Crippen LogP contribution in [-0.2, 0) is 0 Å². The summed E-state index contributed by atoms with van der Waals surface area (Å²) in [5.74, 6) is 0.867. The number of hydrogen-bond acceptors (Lipinski definition) is 2. The van der Waals surface area contributed by atoms with Gasteiger partial charge >= 0.3 is 0 Å². The number of aliphatic hydroxyl groups is 1. The summed E-state index contributed by atoms with van der Waals surface area (Å²) in [6, 6.07) is 0.667. The Morgan fingerprint density at radius 3 is 2.64 bits per heavy atom. The molecule has 2 atom stereocenters. The quantitative estimate of drug-likeness (QED) is 0.728. The van der Waals surface area contributed by atoms with Crippen molar-refractivity contribution < 1.29 is 5.11 Å². The van der Waals surface area contributed by atoms with Crippen LogP contribution in [0.1, 0.15) is 52.9 Å². The molecule has 1 saturated carbocycles. The SMILES string of the molecule is CC1CCCC(NC(C)(C)CCO)C1. The molecule has 2 heteroatoms. The van der Waals surface area contributed by atoms with Crippen molar-refractivity contribution in [2.24, 2.45) is 5.92 Å². The van der Waals surface area contributed by atoms with Crippen molar-refractivity contribution in [1.82, 2.24) is 5.32 Å². The molecule has 0 aliphatic heterocycles. The van der Waals surface area contributed by atoms with Crippen LogP contribution in [0.15, 0.2) is 0 Å². The van der Waals surface area contributed by atoms with Crippen LogP contribution < -0.4 is 5.32 Å². The second kappa shape index (κ2) is 5.13. The highest BCUT2D eigenvalue weighted by Gasteiger charge is 2.25. The van der Waals surface area contributed by atoms with Gasteiger partial charge in [0.05, 0.1) is 0 Å². The van der Waals surface area contributed by atoms with Gasteiger partial charge < -0.3 is 10.4 Å². The fourth-order valence-electron chi connectivity index (χ4n) is 2.47. The second-order valence-electron chi connectivity index (χ2n) is 5.47. The van der Waals surface area contributed by atoms with Crippen LogP contribution in [0.2, 0.25) is 0 Å². The zero-order valence-electron chi connectivity index (χ0n) is 9.84. The number of rotatable bonds is 4. The molecule has 0 aromatic heterocycles. The molecular formula is C12H25NO. The smallest absolute Gasteiger partial charge is 0.0448 e. The maximum atomic E-state index is 8.94. The minimum atomic E-state index is 0.0937. The molecule has 0 amide bonds. The van der Waals surface area contributed by atoms with Gasteiger partial charge in [-0.2, -0.15) is 0 Å². The van der Waals surface area contributed by atoms with Crippen LogP contribution >= 0.6 is 0 Å². The minimum Gasteiger partial charge on any atom is -0.396 e. The molecule has 1 fully saturated rings. The Hall–Kier alpha value is -0.0800. The molecule has 2 nitrogen and oxygen atoms in total. The lowest BCUT2D eigenvalue weighted by molar-refractivity contribution is 0.194. The van der Waals surface area contributed by atoms with E-state index in [2.05, 4.69) is 26.1 Å². The zero-order valence-corrected chi connectivity index (χ0v) is 9.84. The van der Waals surface area contributed by atoms with Crippen molar-refractivity contribution in [2.75, 3.05) is 6.61 Å². The molecule has 0 saturated heterocycles. The van der Waals surface area contributed by atoms with Gasteiger partial charge in [-0.25, -0.2) is 0 Å². The molecule has 1 rings (SSSR count). The van der Waals surface area contributed by atoms with Gasteiger partial charge in [0.25, 0.3) is 0 Å². The molecule has 0 heterocycles. The van der Waals surface area contributed by atoms with E-state index in [0.29, 0.717) is 6.04 Å². The number of nitrogens with one attached hydrogen (secondary N) is 1. The van der Waals surface area contributed by atoms with Gasteiger partial charge in [-0.05, 0) is 39.0 Å². The average Bonchev–Trinajstić information content (AvgIpc) is 2.02. The zero-order chi connectivity index (χ0) is 10.6. The first kappa shape index (κ1) is 12.0. The first-order valence-corrected chi connectivity index (χ1v) is 5.92. The van der Waals surface area contributed by atoms with Crippen molar-refractivity contribution in [2.45, 2.75) is 64.5 Å². The number of aliphatic hydroxyl groups excluding tert-OH is 1. The van der Waals surface area contributed by atoms with Crippen molar-refractivity contribution in [3.8, 4) is 0 Å². The van der Waals surface area contributed by atoms with Crippen molar-refractivity contribution in [3.63, 3.8) is 0 Å². The molecule has 1 aliphatic rings. The average molecular weight is 199 g/mol. The normalized spacial score (nSPS) is 29.1. The lowest BCUT2D eigenvalue weighted by Crippen LogP contribution is -2.48. The standard InChI is InChI=1S/C12H25NO/c1-10-5-4-6-11(9-10)13-12(2,3)7-8-14/h10-11,13-14H,4-9H2,1-3H3. The largest absolute Gasteiger partial charge is 0.396 e. The molecule has 0 bridgehead atoms. The Bertz CT molecular complexity index is 168. The molecular weight excluding hydrogens is 174 g/mol. The molecule has 1 aliphatic carbocycles. The molecule has 0 spiro atoms. The van der Waals surface area contributed by atoms with Crippen molar-refractivity contribution in [3.05, 3.63) is 0 Å². The summed E-state index contributed by atoms with van der Waals surface area (Å²) in [6.45, 7) is 6.99. The topological polar surface area (TPSA) is 32.3 Å². The highest BCUT2D eigenvalue weighted by Crippen LogP contribution is 2.25. The highest BCUT2D eigenvalue weighted by atomic mass is 16.3. The summed E-state index contributed by atoms with van der Waals surface area (Å²) >= 11 is 0. The third-order valence-corrected chi connectivity index (χ3v) is 3.27. The molecule has 2 N–H and O–H groups in total. The van der Waals surface area contributed by atoms with E-state index in [4.69, 9.17) is 5.11 Å². The van der Waals surface area contributed by atoms with E-state index in [0.717, 1.165) is 12.3 Å². The summed E-state index contributed by atoms with van der Waals surface area (Å²) in [4.78, 5) is 0. The van der Waals surface area contributed by atoms with Gasteiger partial charge in [0, 0.05) is 18.2 Å². The summed E-state index contributed by atoms with van der Waals surface area (Å²) < 4.78 is 0. The second-order valence-corrected chi connectivity index (χ2v) is 5.47. The predicted octanol–water partition coefficient (Wildman–Crippen LogP) is 2.32. The summed E-state index contributed by atoms with van der Waals surface area (Å²) in [6.07, 6.45) is 6.19. The molecule has 0 aromatic rings. The first-order valence-electron chi connectivity index (χ1n) is 5.92. The monoisotopic (exact) mass is 199 g/mol. The Kier molecular flexibility index (Phi) is 4.39. The highest BCUT2D eigenvalue weighted by molar-refractivity contribution is 4.85. The first-order chi connectivity index (χ1) is 6.53. The minimum absolute atomic E-state index is 0.0937. The molecule has 84 valence electrons. The van der Waals surface area contributed by atoms with E-state index in [1.807, 2.05) is 0 Å². The molecule has 0 aromatic carbocycles. The molecule has 2 unspecified atom stereocenters. The van der Waals surface area contributed by atoms with E-state index in [1.54, 1.807) is 0 Å². The van der Waals surface area contributed by atoms with Crippen molar-refractivity contribution in [1.29, 1.82) is 0 Å². The third-order valence-electron chi connectivity index (χ3n) is 3.27. The van der Waals surface area contributed by atoms with Crippen LogP contribution in [-0.4, -0.2) is 23.3 Å². The van der Waals surface area contributed by atoms with E-state index in [1.165, 1.54) is 25.7 Å². The van der Waals surface area contributed by atoms with Gasteiger partial charge in [0.2, 0.25) is 0 Å². The van der Waals surface area contributed by atoms with Crippen LogP contribution in [0, 0.1) is 5.92 Å². The molecule has 0 radical (unpaired) electrons. The predicted molar refractivity (Wildman–Crippen MR) is 60.3 cm³/mol. The van der Waals surface area contributed by atoms with E-state index < -0.39 is 0 Å². The van der Waals surface area contributed by atoms with Gasteiger partial charge in [-0.1, -0.05) is 19.8 Å². The molecule has 14 heavy (non-hydrogen) atoms. The van der Waals surface area contributed by atoms with Gasteiger partial charge in [0.15, 0.2) is 0 Å². The summed E-state index contributed by atoms with van der Waals surface area (Å²) in [7, 11) is 0. The van der Waals surface area contributed by atoms with E-state index in [9.17, 15) is 0 Å². The maximum absolute atomic E-state index is 8.94. The lowest BCUT2D eigenvalue weighted by Gasteiger charge is -2.35. The van der Waals surface area contributed by atoms with Crippen molar-refractivity contribution >= 4 is 0 Å². The fraction of sp³-hybridized carbons (Fsp3) is 1.00. The van der Waals surface area contributed by atoms with Crippen LogP contribution in [0.5, 0.6) is 0 Å². The lowest BCUT2D eigenvalue weighted by atomic mass is 9.85. The summed E-state index contributed by atoms with van der Waals surface area (Å²) in [5.41, 5.74) is 0.0937. The third kappa shape index (κ3) is 3.97. The Labute approximate surface area is 88.1 Å². The Balaban J connectivity index is 2.34. The van der Waals surface area contributed by atoms with Gasteiger partial charge in [-0.15, -0.1) is 0 Å². The maximum Gasteiger partial charge on any atom is 0.0448 e. The van der Waals surface area contributed by atoms with Crippen LogP contribution in [0.25, 0.3) is 0 Å². The van der Waals surface area contributed by atoms with E-state index in [-0.39, 0.29) is 12.1 Å². The van der Waals surface area contributed by atoms with Crippen LogP contribution in [0.4, 0.5) is 0 Å². The Morgan fingerprint density at radius 2 is 2.07 bits per heavy atom. The van der Waals surface area contributed by atoms with Gasteiger partial charge in [0.1, 0.15) is 0 Å². The van der Waals surface area contributed by atoms with E-state index >= 15 is 0 Å².